The Hall–Kier alpha value is -3.53. The smallest absolute Gasteiger partial charge is 0.408 e. The van der Waals surface area contributed by atoms with E-state index in [1.165, 1.54) is 23.2 Å². The summed E-state index contributed by atoms with van der Waals surface area (Å²) in [7, 11) is 0. The van der Waals surface area contributed by atoms with Crippen molar-refractivity contribution in [1.29, 1.82) is 0 Å². The number of rotatable bonds is 6. The van der Waals surface area contributed by atoms with Crippen molar-refractivity contribution in [3.05, 3.63) is 48.3 Å². The summed E-state index contributed by atoms with van der Waals surface area (Å²) in [5.74, 6) is 0.241. The molecule has 2 aromatic heterocycles. The van der Waals surface area contributed by atoms with Crippen LogP contribution in [0.15, 0.2) is 42.7 Å². The minimum Gasteiger partial charge on any atom is -0.465 e. The van der Waals surface area contributed by atoms with E-state index in [2.05, 4.69) is 25.6 Å². The first-order valence-corrected chi connectivity index (χ1v) is 10.4. The first kappa shape index (κ1) is 22.2. The molecule has 0 spiro atoms. The zero-order chi connectivity index (χ0) is 22.6. The van der Waals surface area contributed by atoms with Crippen molar-refractivity contribution < 1.29 is 14.7 Å². The van der Waals surface area contributed by atoms with Crippen LogP contribution in [0.2, 0.25) is 0 Å². The van der Waals surface area contributed by atoms with E-state index in [0.717, 1.165) is 16.1 Å². The third kappa shape index (κ3) is 5.98. The molecule has 0 atom stereocenters. The molecule has 3 aromatic rings. The number of hydrogen-bond donors (Lipinski definition) is 3. The maximum atomic E-state index is 11.5. The van der Waals surface area contributed by atoms with Crippen LogP contribution in [-0.2, 0) is 11.3 Å². The van der Waals surface area contributed by atoms with E-state index in [1.54, 1.807) is 18.5 Å². The van der Waals surface area contributed by atoms with Crippen LogP contribution < -0.4 is 10.6 Å². The zero-order valence-corrected chi connectivity index (χ0v) is 18.5. The SMILES string of the molecule is CC(=O)Nc1ncc(-c2ccnc(Nc3ccc(CN(C(=O)O)C(C)(C)C)cc3)n2)s1. The van der Waals surface area contributed by atoms with Gasteiger partial charge in [-0.2, -0.15) is 0 Å². The van der Waals surface area contributed by atoms with Crippen LogP contribution in [-0.4, -0.2) is 42.5 Å². The van der Waals surface area contributed by atoms with E-state index in [4.69, 9.17) is 0 Å². The van der Waals surface area contributed by atoms with Crippen LogP contribution in [0.5, 0.6) is 0 Å². The summed E-state index contributed by atoms with van der Waals surface area (Å²) < 4.78 is 0. The van der Waals surface area contributed by atoms with Gasteiger partial charge in [0, 0.05) is 37.1 Å². The molecule has 162 valence electrons. The zero-order valence-electron chi connectivity index (χ0n) is 17.7. The van der Waals surface area contributed by atoms with Gasteiger partial charge in [-0.3, -0.25) is 9.69 Å². The van der Waals surface area contributed by atoms with Gasteiger partial charge in [0.05, 0.1) is 10.6 Å². The first-order valence-electron chi connectivity index (χ1n) is 9.55. The lowest BCUT2D eigenvalue weighted by molar-refractivity contribution is -0.114. The van der Waals surface area contributed by atoms with Gasteiger partial charge in [0.1, 0.15) is 0 Å². The molecule has 0 fully saturated rings. The fourth-order valence-corrected chi connectivity index (χ4v) is 3.59. The Labute approximate surface area is 184 Å². The van der Waals surface area contributed by atoms with Gasteiger partial charge in [-0.1, -0.05) is 23.5 Å². The molecule has 10 heteroatoms. The summed E-state index contributed by atoms with van der Waals surface area (Å²) >= 11 is 1.33. The molecular formula is C21H24N6O3S. The molecule has 0 radical (unpaired) electrons. The first-order chi connectivity index (χ1) is 14.6. The van der Waals surface area contributed by atoms with Crippen LogP contribution in [0.25, 0.3) is 10.6 Å². The highest BCUT2D eigenvalue weighted by molar-refractivity contribution is 7.19. The Bertz CT molecular complexity index is 1080. The van der Waals surface area contributed by atoms with Crippen molar-refractivity contribution in [3.63, 3.8) is 0 Å². The largest absolute Gasteiger partial charge is 0.465 e. The number of carbonyl (C=O) groups is 2. The lowest BCUT2D eigenvalue weighted by Crippen LogP contribution is -2.44. The van der Waals surface area contributed by atoms with E-state index >= 15 is 0 Å². The van der Waals surface area contributed by atoms with Crippen LogP contribution >= 0.6 is 11.3 Å². The molecule has 2 heterocycles. The second-order valence-electron chi connectivity index (χ2n) is 7.84. The fraction of sp³-hybridized carbons (Fsp3) is 0.286. The second-order valence-corrected chi connectivity index (χ2v) is 8.87. The third-order valence-corrected chi connectivity index (χ3v) is 5.22. The van der Waals surface area contributed by atoms with Crippen LogP contribution in [0.4, 0.5) is 21.6 Å². The van der Waals surface area contributed by atoms with E-state index in [9.17, 15) is 14.7 Å². The van der Waals surface area contributed by atoms with Gasteiger partial charge in [-0.25, -0.2) is 19.7 Å². The van der Waals surface area contributed by atoms with Gasteiger partial charge in [-0.15, -0.1) is 0 Å². The van der Waals surface area contributed by atoms with E-state index in [0.29, 0.717) is 23.3 Å². The Balaban J connectivity index is 1.70. The Morgan fingerprint density at radius 2 is 1.84 bits per heavy atom. The standard InChI is InChI=1S/C21H24N6O3S/c1-13(28)24-19-23-11-17(31-19)16-9-10-22-18(26-16)25-15-7-5-14(6-8-15)12-27(20(29)30)21(2,3)4/h5-11H,12H2,1-4H3,(H,29,30)(H,22,25,26)(H,23,24,28). The number of benzene rings is 1. The van der Waals surface area contributed by atoms with Crippen molar-refractivity contribution in [2.75, 3.05) is 10.6 Å². The normalized spacial score (nSPS) is 11.1. The van der Waals surface area contributed by atoms with Gasteiger partial charge >= 0.3 is 6.09 Å². The molecule has 3 N–H and O–H groups in total. The predicted molar refractivity (Wildman–Crippen MR) is 120 cm³/mol. The summed E-state index contributed by atoms with van der Waals surface area (Å²) in [6.07, 6.45) is 2.34. The number of thiazole rings is 1. The van der Waals surface area contributed by atoms with E-state index < -0.39 is 11.6 Å². The molecule has 31 heavy (non-hydrogen) atoms. The molecule has 0 aliphatic rings. The minimum absolute atomic E-state index is 0.177. The molecule has 2 amide bonds. The number of aromatic nitrogens is 3. The lowest BCUT2D eigenvalue weighted by atomic mass is 10.1. The van der Waals surface area contributed by atoms with Gasteiger partial charge in [0.25, 0.3) is 0 Å². The van der Waals surface area contributed by atoms with Crippen molar-refractivity contribution in [2.24, 2.45) is 0 Å². The van der Waals surface area contributed by atoms with E-state index in [-0.39, 0.29) is 5.91 Å². The summed E-state index contributed by atoms with van der Waals surface area (Å²) in [5, 5.41) is 15.8. The van der Waals surface area contributed by atoms with Crippen molar-refractivity contribution in [2.45, 2.75) is 39.8 Å². The molecule has 0 saturated heterocycles. The number of nitrogens with one attached hydrogen (secondary N) is 2. The van der Waals surface area contributed by atoms with Crippen molar-refractivity contribution in [3.8, 4) is 10.6 Å². The summed E-state index contributed by atoms with van der Waals surface area (Å²) in [6.45, 7) is 7.32. The molecule has 3 rings (SSSR count). The van der Waals surface area contributed by atoms with Gasteiger partial charge in [0.2, 0.25) is 11.9 Å². The van der Waals surface area contributed by atoms with Crippen LogP contribution in [0.1, 0.15) is 33.3 Å². The Morgan fingerprint density at radius 3 is 2.45 bits per heavy atom. The number of nitrogens with zero attached hydrogens (tertiary/aromatic N) is 4. The summed E-state index contributed by atoms with van der Waals surface area (Å²) in [4.78, 5) is 37.8. The highest BCUT2D eigenvalue weighted by atomic mass is 32.1. The maximum Gasteiger partial charge on any atom is 0.408 e. The van der Waals surface area contributed by atoms with Crippen molar-refractivity contribution >= 4 is 40.1 Å². The number of carboxylic acid groups (broad SMARTS) is 1. The average molecular weight is 441 g/mol. The predicted octanol–water partition coefficient (Wildman–Crippen LogP) is 4.58. The Morgan fingerprint density at radius 1 is 1.13 bits per heavy atom. The molecule has 0 aliphatic heterocycles. The number of hydrogen-bond acceptors (Lipinski definition) is 7. The van der Waals surface area contributed by atoms with Gasteiger partial charge < -0.3 is 15.7 Å². The minimum atomic E-state index is -0.954. The highest BCUT2D eigenvalue weighted by Crippen LogP contribution is 2.28. The number of carbonyl (C=O) groups excluding carboxylic acids is 1. The number of amides is 2. The molecule has 9 nitrogen and oxygen atoms in total. The molecule has 0 bridgehead atoms. The molecule has 0 saturated carbocycles. The second kappa shape index (κ2) is 9.09. The Kier molecular flexibility index (Phi) is 6.50. The molecule has 0 unspecified atom stereocenters. The maximum absolute atomic E-state index is 11.5. The molecule has 1 aromatic carbocycles. The summed E-state index contributed by atoms with van der Waals surface area (Å²) in [6, 6.07) is 9.23. The quantitative estimate of drug-likeness (QED) is 0.513. The monoisotopic (exact) mass is 440 g/mol. The fourth-order valence-electron chi connectivity index (χ4n) is 2.75. The third-order valence-electron chi connectivity index (χ3n) is 4.29. The van der Waals surface area contributed by atoms with Crippen LogP contribution in [0, 0.1) is 0 Å². The molecular weight excluding hydrogens is 416 g/mol. The lowest BCUT2D eigenvalue weighted by Gasteiger charge is -2.33. The topological polar surface area (TPSA) is 120 Å². The van der Waals surface area contributed by atoms with Gasteiger partial charge in [0.15, 0.2) is 5.13 Å². The number of anilines is 3. The average Bonchev–Trinajstić information content (AvgIpc) is 3.14. The van der Waals surface area contributed by atoms with Crippen molar-refractivity contribution in [1.82, 2.24) is 19.9 Å². The van der Waals surface area contributed by atoms with Crippen LogP contribution in [0.3, 0.4) is 0 Å². The summed E-state index contributed by atoms with van der Waals surface area (Å²) in [5.41, 5.74) is 1.85. The van der Waals surface area contributed by atoms with Gasteiger partial charge in [-0.05, 0) is 44.5 Å². The highest BCUT2D eigenvalue weighted by Gasteiger charge is 2.25. The van der Waals surface area contributed by atoms with E-state index in [1.807, 2.05) is 45.0 Å². The molecule has 0 aliphatic carbocycles.